The zero-order valence-corrected chi connectivity index (χ0v) is 11.0. The summed E-state index contributed by atoms with van der Waals surface area (Å²) in [6, 6.07) is 4.82. The van der Waals surface area contributed by atoms with Gasteiger partial charge in [-0.1, -0.05) is 11.6 Å². The Morgan fingerprint density at radius 2 is 2.26 bits per heavy atom. The summed E-state index contributed by atoms with van der Waals surface area (Å²) in [5.74, 6) is -0.323. The van der Waals surface area contributed by atoms with Crippen LogP contribution in [0.25, 0.3) is 10.9 Å². The van der Waals surface area contributed by atoms with Crippen LogP contribution in [-0.2, 0) is 6.42 Å². The molecule has 0 saturated heterocycles. The third kappa shape index (κ3) is 2.93. The van der Waals surface area contributed by atoms with E-state index in [4.69, 9.17) is 16.7 Å². The van der Waals surface area contributed by atoms with Gasteiger partial charge in [-0.05, 0) is 37.1 Å². The molecule has 0 fully saturated rings. The summed E-state index contributed by atoms with van der Waals surface area (Å²) >= 11 is 6.03. The molecule has 1 aromatic heterocycles. The number of hydrogen-bond acceptors (Lipinski definition) is 2. The largest absolute Gasteiger partial charge is 0.465 e. The van der Waals surface area contributed by atoms with Crippen molar-refractivity contribution in [3.63, 3.8) is 0 Å². The summed E-state index contributed by atoms with van der Waals surface area (Å²) in [7, 11) is 0. The first kappa shape index (κ1) is 13.5. The van der Waals surface area contributed by atoms with Gasteiger partial charge in [0.05, 0.1) is 5.52 Å². The lowest BCUT2D eigenvalue weighted by atomic mass is 10.1. The summed E-state index contributed by atoms with van der Waals surface area (Å²) in [4.78, 5) is 14.6. The number of amides is 1. The fourth-order valence-corrected chi connectivity index (χ4v) is 2.09. The van der Waals surface area contributed by atoms with Crippen LogP contribution in [0.2, 0.25) is 5.15 Å². The molecule has 0 aliphatic heterocycles. The van der Waals surface area contributed by atoms with Crippen LogP contribution in [0, 0.1) is 12.7 Å². The van der Waals surface area contributed by atoms with Crippen molar-refractivity contribution in [3.05, 3.63) is 40.3 Å². The van der Waals surface area contributed by atoms with Crippen molar-refractivity contribution in [1.82, 2.24) is 10.3 Å². The Kier molecular flexibility index (Phi) is 3.85. The molecule has 1 heterocycles. The lowest BCUT2D eigenvalue weighted by Crippen LogP contribution is -2.23. The topological polar surface area (TPSA) is 62.2 Å². The molecule has 0 aliphatic carbocycles. The number of benzene rings is 1. The number of hydrogen-bond donors (Lipinski definition) is 2. The lowest BCUT2D eigenvalue weighted by molar-refractivity contribution is 0.194. The Morgan fingerprint density at radius 3 is 2.95 bits per heavy atom. The first-order valence-corrected chi connectivity index (χ1v) is 6.08. The molecule has 0 unspecified atom stereocenters. The van der Waals surface area contributed by atoms with E-state index >= 15 is 0 Å². The van der Waals surface area contributed by atoms with E-state index in [1.807, 2.05) is 0 Å². The number of aryl methyl sites for hydroxylation is 1. The van der Waals surface area contributed by atoms with Gasteiger partial charge in [0.1, 0.15) is 11.0 Å². The fourth-order valence-electron chi connectivity index (χ4n) is 1.86. The second-order valence-electron chi connectivity index (χ2n) is 4.16. The number of nitrogens with zero attached hydrogens (tertiary/aromatic N) is 1. The van der Waals surface area contributed by atoms with Crippen molar-refractivity contribution in [1.29, 1.82) is 0 Å². The van der Waals surface area contributed by atoms with Gasteiger partial charge in [0.25, 0.3) is 0 Å². The summed E-state index contributed by atoms with van der Waals surface area (Å²) < 4.78 is 13.4. The highest BCUT2D eigenvalue weighted by atomic mass is 35.5. The zero-order valence-electron chi connectivity index (χ0n) is 10.2. The third-order valence-electron chi connectivity index (χ3n) is 2.87. The molecule has 0 radical (unpaired) electrons. The van der Waals surface area contributed by atoms with Gasteiger partial charge in [0.2, 0.25) is 0 Å². The molecule has 6 heteroatoms. The molecule has 0 atom stereocenters. The fraction of sp³-hybridized carbons (Fsp3) is 0.231. The molecule has 1 amide bonds. The van der Waals surface area contributed by atoms with E-state index in [0.717, 1.165) is 10.9 Å². The number of carbonyl (C=O) groups is 1. The number of pyridine rings is 1. The first-order chi connectivity index (χ1) is 8.99. The highest BCUT2D eigenvalue weighted by Gasteiger charge is 2.09. The van der Waals surface area contributed by atoms with Crippen LogP contribution in [0.4, 0.5) is 9.18 Å². The Labute approximate surface area is 114 Å². The normalized spacial score (nSPS) is 10.7. The molecule has 100 valence electrons. The van der Waals surface area contributed by atoms with Gasteiger partial charge in [0.15, 0.2) is 0 Å². The predicted molar refractivity (Wildman–Crippen MR) is 71.2 cm³/mol. The Balaban J connectivity index is 2.34. The SMILES string of the molecule is Cc1c(F)ccc2cc(CCNC(=O)O)c(Cl)nc12. The standard InChI is InChI=1S/C13H12ClFN2O2/c1-7-10(15)3-2-8-6-9(4-5-16-13(18)19)12(14)17-11(7)8/h2-3,6,16H,4-5H2,1H3,(H,18,19). The average Bonchev–Trinajstić information content (AvgIpc) is 2.35. The monoisotopic (exact) mass is 282 g/mol. The molecular formula is C13H12ClFN2O2. The molecule has 2 N–H and O–H groups in total. The van der Waals surface area contributed by atoms with Crippen LogP contribution in [0.3, 0.4) is 0 Å². The molecule has 4 nitrogen and oxygen atoms in total. The van der Waals surface area contributed by atoms with E-state index in [-0.39, 0.29) is 17.5 Å². The number of carboxylic acid groups (broad SMARTS) is 1. The smallest absolute Gasteiger partial charge is 0.404 e. The van der Waals surface area contributed by atoms with Gasteiger partial charge in [0, 0.05) is 17.5 Å². The molecule has 0 spiro atoms. The van der Waals surface area contributed by atoms with E-state index in [9.17, 15) is 9.18 Å². The molecule has 2 aromatic rings. The molecule has 0 bridgehead atoms. The van der Waals surface area contributed by atoms with E-state index < -0.39 is 6.09 Å². The molecule has 0 aliphatic rings. The van der Waals surface area contributed by atoms with Gasteiger partial charge in [-0.25, -0.2) is 14.2 Å². The molecule has 2 rings (SSSR count). The maximum absolute atomic E-state index is 13.4. The molecule has 1 aromatic carbocycles. The third-order valence-corrected chi connectivity index (χ3v) is 3.20. The maximum Gasteiger partial charge on any atom is 0.404 e. The maximum atomic E-state index is 13.4. The summed E-state index contributed by atoms with van der Waals surface area (Å²) in [5, 5.41) is 11.8. The second-order valence-corrected chi connectivity index (χ2v) is 4.52. The number of rotatable bonds is 3. The van der Waals surface area contributed by atoms with Crippen molar-refractivity contribution in [2.45, 2.75) is 13.3 Å². The second kappa shape index (κ2) is 5.40. The molecular weight excluding hydrogens is 271 g/mol. The van der Waals surface area contributed by atoms with E-state index in [0.29, 0.717) is 17.5 Å². The average molecular weight is 283 g/mol. The quantitative estimate of drug-likeness (QED) is 0.850. The van der Waals surface area contributed by atoms with Gasteiger partial charge >= 0.3 is 6.09 Å². The Morgan fingerprint density at radius 1 is 1.53 bits per heavy atom. The van der Waals surface area contributed by atoms with E-state index in [1.165, 1.54) is 6.07 Å². The Bertz CT molecular complexity index is 646. The zero-order chi connectivity index (χ0) is 14.0. The van der Waals surface area contributed by atoms with Crippen LogP contribution in [-0.4, -0.2) is 22.7 Å². The summed E-state index contributed by atoms with van der Waals surface area (Å²) in [5.41, 5.74) is 1.71. The highest BCUT2D eigenvalue weighted by molar-refractivity contribution is 6.30. The molecule has 0 saturated carbocycles. The van der Waals surface area contributed by atoms with E-state index in [2.05, 4.69) is 10.3 Å². The predicted octanol–water partition coefficient (Wildman–Crippen LogP) is 3.15. The lowest BCUT2D eigenvalue weighted by Gasteiger charge is -2.08. The minimum atomic E-state index is -1.08. The van der Waals surface area contributed by atoms with Gasteiger partial charge < -0.3 is 10.4 Å². The number of aromatic nitrogens is 1. The minimum Gasteiger partial charge on any atom is -0.465 e. The van der Waals surface area contributed by atoms with E-state index in [1.54, 1.807) is 19.1 Å². The van der Waals surface area contributed by atoms with Gasteiger partial charge in [-0.3, -0.25) is 0 Å². The van der Waals surface area contributed by atoms with Crippen molar-refractivity contribution in [2.24, 2.45) is 0 Å². The van der Waals surface area contributed by atoms with Gasteiger partial charge in [-0.15, -0.1) is 0 Å². The van der Waals surface area contributed by atoms with Crippen molar-refractivity contribution < 1.29 is 14.3 Å². The number of halogens is 2. The minimum absolute atomic E-state index is 0.252. The van der Waals surface area contributed by atoms with Crippen molar-refractivity contribution >= 4 is 28.6 Å². The Hall–Kier alpha value is -1.88. The molecule has 19 heavy (non-hydrogen) atoms. The van der Waals surface area contributed by atoms with Crippen molar-refractivity contribution in [2.75, 3.05) is 6.54 Å². The summed E-state index contributed by atoms with van der Waals surface area (Å²) in [6.45, 7) is 1.90. The van der Waals surface area contributed by atoms with Crippen LogP contribution in [0.1, 0.15) is 11.1 Å². The van der Waals surface area contributed by atoms with Crippen LogP contribution in [0.15, 0.2) is 18.2 Å². The first-order valence-electron chi connectivity index (χ1n) is 5.70. The highest BCUT2D eigenvalue weighted by Crippen LogP contribution is 2.24. The van der Waals surface area contributed by atoms with Crippen LogP contribution >= 0.6 is 11.6 Å². The van der Waals surface area contributed by atoms with Gasteiger partial charge in [-0.2, -0.15) is 0 Å². The number of nitrogens with one attached hydrogen (secondary N) is 1. The van der Waals surface area contributed by atoms with Crippen molar-refractivity contribution in [3.8, 4) is 0 Å². The van der Waals surface area contributed by atoms with Crippen LogP contribution < -0.4 is 5.32 Å². The van der Waals surface area contributed by atoms with Crippen LogP contribution in [0.5, 0.6) is 0 Å². The number of fused-ring (bicyclic) bond motifs is 1. The summed E-state index contributed by atoms with van der Waals surface area (Å²) in [6.07, 6.45) is -0.646.